The highest BCUT2D eigenvalue weighted by atomic mass is 32.1. The van der Waals surface area contributed by atoms with Crippen molar-refractivity contribution in [3.63, 3.8) is 0 Å². The Morgan fingerprint density at radius 3 is 2.44 bits per heavy atom. The quantitative estimate of drug-likeness (QED) is 0.472. The van der Waals surface area contributed by atoms with Crippen LogP contribution in [0.2, 0.25) is 0 Å². The lowest BCUT2D eigenvalue weighted by molar-refractivity contribution is 0.189. The second-order valence-electron chi connectivity index (χ2n) is 4.85. The molecular weight excluding hydrogens is 244 g/mol. The van der Waals surface area contributed by atoms with Crippen LogP contribution in [0.15, 0.2) is 12.7 Å². The van der Waals surface area contributed by atoms with Crippen LogP contribution in [-0.4, -0.2) is 47.4 Å². The van der Waals surface area contributed by atoms with Crippen LogP contribution in [0, 0.1) is 0 Å². The van der Waals surface area contributed by atoms with E-state index in [4.69, 9.17) is 17.0 Å². The van der Waals surface area contributed by atoms with E-state index in [1.54, 1.807) is 0 Å². The molecule has 1 heterocycles. The molecule has 0 aliphatic carbocycles. The zero-order valence-corrected chi connectivity index (χ0v) is 12.5. The van der Waals surface area contributed by atoms with Crippen molar-refractivity contribution in [2.75, 3.05) is 26.3 Å². The van der Waals surface area contributed by atoms with Gasteiger partial charge in [0.05, 0.1) is 13.2 Å². The van der Waals surface area contributed by atoms with Crippen LogP contribution < -0.4 is 0 Å². The number of ether oxygens (including phenoxy) is 1. The first-order valence-corrected chi connectivity index (χ1v) is 7.42. The molecule has 0 radical (unpaired) electrons. The molecule has 1 fully saturated rings. The summed E-state index contributed by atoms with van der Waals surface area (Å²) in [5.74, 6) is 0. The van der Waals surface area contributed by atoms with E-state index in [2.05, 4.69) is 30.2 Å². The molecule has 18 heavy (non-hydrogen) atoms. The Labute approximate surface area is 117 Å². The van der Waals surface area contributed by atoms with Crippen LogP contribution in [0.5, 0.6) is 0 Å². The standard InChI is InChI=1S/C14H26N2OS/c1-4-7-9-15(10-8-5-2)12-16-11-13(6-3)17-14(16)18/h6,13H,3-5,7-12H2,1-2H3. The van der Waals surface area contributed by atoms with Gasteiger partial charge in [-0.05, 0) is 44.2 Å². The molecule has 0 N–H and O–H groups in total. The summed E-state index contributed by atoms with van der Waals surface area (Å²) < 4.78 is 5.55. The van der Waals surface area contributed by atoms with Gasteiger partial charge in [-0.1, -0.05) is 33.3 Å². The van der Waals surface area contributed by atoms with Gasteiger partial charge in [0.25, 0.3) is 5.17 Å². The highest BCUT2D eigenvalue weighted by Gasteiger charge is 2.26. The van der Waals surface area contributed by atoms with Gasteiger partial charge in [-0.15, -0.1) is 0 Å². The molecule has 1 atom stereocenters. The summed E-state index contributed by atoms with van der Waals surface area (Å²) in [6.45, 7) is 12.3. The molecule has 0 aromatic heterocycles. The summed E-state index contributed by atoms with van der Waals surface area (Å²) in [5.41, 5.74) is 0. The van der Waals surface area contributed by atoms with Gasteiger partial charge >= 0.3 is 0 Å². The lowest BCUT2D eigenvalue weighted by atomic mass is 10.3. The molecular formula is C14H26N2OS. The SMILES string of the molecule is C=CC1CN(CN(CCCC)CCCC)C(=S)O1. The average molecular weight is 270 g/mol. The largest absolute Gasteiger partial charge is 0.461 e. The van der Waals surface area contributed by atoms with Gasteiger partial charge in [0.1, 0.15) is 6.10 Å². The second-order valence-corrected chi connectivity index (χ2v) is 5.20. The van der Waals surface area contributed by atoms with Crippen molar-refractivity contribution in [1.82, 2.24) is 9.80 Å². The van der Waals surface area contributed by atoms with Gasteiger partial charge in [-0.2, -0.15) is 0 Å². The highest BCUT2D eigenvalue weighted by molar-refractivity contribution is 7.80. The number of hydrogen-bond acceptors (Lipinski definition) is 3. The lowest BCUT2D eigenvalue weighted by Crippen LogP contribution is -2.39. The first kappa shape index (κ1) is 15.4. The van der Waals surface area contributed by atoms with Crippen molar-refractivity contribution in [1.29, 1.82) is 0 Å². The number of thiocarbonyl (C=S) groups is 1. The van der Waals surface area contributed by atoms with Crippen LogP contribution in [0.25, 0.3) is 0 Å². The Kier molecular flexibility index (Phi) is 7.28. The number of hydrogen-bond donors (Lipinski definition) is 0. The zero-order valence-electron chi connectivity index (χ0n) is 11.7. The predicted octanol–water partition coefficient (Wildman–Crippen LogP) is 3.02. The minimum Gasteiger partial charge on any atom is -0.461 e. The molecule has 0 saturated carbocycles. The van der Waals surface area contributed by atoms with E-state index >= 15 is 0 Å². The Morgan fingerprint density at radius 2 is 2.00 bits per heavy atom. The summed E-state index contributed by atoms with van der Waals surface area (Å²) in [5, 5.41) is 0.623. The van der Waals surface area contributed by atoms with E-state index in [-0.39, 0.29) is 6.10 Å². The fourth-order valence-electron chi connectivity index (χ4n) is 2.03. The zero-order chi connectivity index (χ0) is 13.4. The fourth-order valence-corrected chi connectivity index (χ4v) is 2.29. The Hall–Kier alpha value is -0.610. The van der Waals surface area contributed by atoms with Gasteiger partial charge in [0.2, 0.25) is 0 Å². The molecule has 0 amide bonds. The van der Waals surface area contributed by atoms with Crippen molar-refractivity contribution in [2.45, 2.75) is 45.6 Å². The third kappa shape index (κ3) is 4.94. The van der Waals surface area contributed by atoms with Crippen LogP contribution in [0.4, 0.5) is 0 Å². The molecule has 0 aromatic rings. The molecule has 0 bridgehead atoms. The number of unbranched alkanes of at least 4 members (excludes halogenated alkanes) is 2. The molecule has 1 saturated heterocycles. The topological polar surface area (TPSA) is 15.7 Å². The van der Waals surface area contributed by atoms with E-state index < -0.39 is 0 Å². The predicted molar refractivity (Wildman–Crippen MR) is 80.6 cm³/mol. The number of rotatable bonds is 9. The molecule has 3 nitrogen and oxygen atoms in total. The summed E-state index contributed by atoms with van der Waals surface area (Å²) >= 11 is 5.26. The first-order chi connectivity index (χ1) is 8.71. The van der Waals surface area contributed by atoms with Crippen LogP contribution in [0.3, 0.4) is 0 Å². The smallest absolute Gasteiger partial charge is 0.261 e. The van der Waals surface area contributed by atoms with Crippen molar-refractivity contribution in [3.8, 4) is 0 Å². The minimum absolute atomic E-state index is 0.0664. The molecule has 0 aromatic carbocycles. The summed E-state index contributed by atoms with van der Waals surface area (Å²) in [6, 6.07) is 0. The average Bonchev–Trinajstić information content (AvgIpc) is 2.73. The van der Waals surface area contributed by atoms with E-state index in [0.717, 1.165) is 26.3 Å². The molecule has 0 spiro atoms. The molecule has 1 aliphatic rings. The highest BCUT2D eigenvalue weighted by Crippen LogP contribution is 2.13. The van der Waals surface area contributed by atoms with E-state index in [9.17, 15) is 0 Å². The third-order valence-corrected chi connectivity index (χ3v) is 3.55. The molecule has 1 aliphatic heterocycles. The maximum absolute atomic E-state index is 5.55. The Morgan fingerprint density at radius 1 is 1.39 bits per heavy atom. The molecule has 4 heteroatoms. The lowest BCUT2D eigenvalue weighted by Gasteiger charge is -2.27. The fraction of sp³-hybridized carbons (Fsp3) is 0.786. The van der Waals surface area contributed by atoms with Crippen molar-refractivity contribution >= 4 is 17.4 Å². The molecule has 104 valence electrons. The summed E-state index contributed by atoms with van der Waals surface area (Å²) in [6.07, 6.45) is 6.86. The normalized spacial score (nSPS) is 19.4. The third-order valence-electron chi connectivity index (χ3n) is 3.20. The monoisotopic (exact) mass is 270 g/mol. The second kappa shape index (κ2) is 8.48. The van der Waals surface area contributed by atoms with Crippen molar-refractivity contribution < 1.29 is 4.74 Å². The van der Waals surface area contributed by atoms with Gasteiger partial charge in [-0.25, -0.2) is 0 Å². The molecule has 1 unspecified atom stereocenters. The Bertz CT molecular complexity index is 263. The molecule has 1 rings (SSSR count). The van der Waals surface area contributed by atoms with E-state index in [1.807, 2.05) is 6.08 Å². The van der Waals surface area contributed by atoms with Crippen molar-refractivity contribution in [3.05, 3.63) is 12.7 Å². The first-order valence-electron chi connectivity index (χ1n) is 7.01. The Balaban J connectivity index is 2.43. The summed E-state index contributed by atoms with van der Waals surface area (Å²) in [4.78, 5) is 4.63. The van der Waals surface area contributed by atoms with Crippen LogP contribution in [0.1, 0.15) is 39.5 Å². The van der Waals surface area contributed by atoms with E-state index in [0.29, 0.717) is 5.17 Å². The summed E-state index contributed by atoms with van der Waals surface area (Å²) in [7, 11) is 0. The van der Waals surface area contributed by atoms with Gasteiger partial charge < -0.3 is 9.64 Å². The number of nitrogens with zero attached hydrogens (tertiary/aromatic N) is 2. The van der Waals surface area contributed by atoms with Crippen LogP contribution in [-0.2, 0) is 4.74 Å². The van der Waals surface area contributed by atoms with Crippen molar-refractivity contribution in [2.24, 2.45) is 0 Å². The van der Waals surface area contributed by atoms with E-state index in [1.165, 1.54) is 25.7 Å². The maximum atomic E-state index is 5.55. The van der Waals surface area contributed by atoms with Crippen LogP contribution >= 0.6 is 12.2 Å². The minimum atomic E-state index is 0.0664. The van der Waals surface area contributed by atoms with Gasteiger partial charge in [0, 0.05) is 0 Å². The van der Waals surface area contributed by atoms with Gasteiger partial charge in [-0.3, -0.25) is 4.90 Å². The maximum Gasteiger partial charge on any atom is 0.261 e. The van der Waals surface area contributed by atoms with Gasteiger partial charge in [0.15, 0.2) is 0 Å².